The van der Waals surface area contributed by atoms with Gasteiger partial charge >= 0.3 is 5.92 Å². The van der Waals surface area contributed by atoms with E-state index in [0.29, 0.717) is 0 Å². The minimum Gasteiger partial charge on any atom is -0.316 e. The molecule has 0 saturated carbocycles. The molecule has 0 spiro atoms. The molecule has 0 saturated heterocycles. The lowest BCUT2D eigenvalue weighted by Crippen LogP contribution is -2.36. The van der Waals surface area contributed by atoms with Gasteiger partial charge in [0.2, 0.25) is 5.91 Å². The van der Waals surface area contributed by atoms with Gasteiger partial charge in [0.15, 0.2) is 11.0 Å². The van der Waals surface area contributed by atoms with Crippen LogP contribution in [0.5, 0.6) is 0 Å². The van der Waals surface area contributed by atoms with Crippen molar-refractivity contribution in [3.05, 3.63) is 27.9 Å². The average molecular weight is 393 g/mol. The molecule has 0 fully saturated rings. The fraction of sp³-hybridized carbons (Fsp3) is 0.182. The fourth-order valence-corrected chi connectivity index (χ4v) is 1.86. The summed E-state index contributed by atoms with van der Waals surface area (Å²) >= 11 is 22.3. The van der Waals surface area contributed by atoms with E-state index < -0.39 is 29.3 Å². The second kappa shape index (κ2) is 7.41. The third kappa shape index (κ3) is 4.19. The lowest BCUT2D eigenvalue weighted by atomic mass is 10.3. The van der Waals surface area contributed by atoms with Gasteiger partial charge in [-0.25, -0.2) is 4.98 Å². The monoisotopic (exact) mass is 391 g/mol. The maximum Gasteiger partial charge on any atom is 0.338 e. The van der Waals surface area contributed by atoms with Gasteiger partial charge in [-0.05, 0) is 6.08 Å². The zero-order chi connectivity index (χ0) is 17.1. The Morgan fingerprint density at radius 2 is 1.82 bits per heavy atom. The average Bonchev–Trinajstić information content (AvgIpc) is 2.48. The summed E-state index contributed by atoms with van der Waals surface area (Å²) in [6.45, 7) is 3.21. The molecule has 2 N–H and O–H groups in total. The molecular formula is C11H7Cl4F2N3O2. The van der Waals surface area contributed by atoms with Crippen molar-refractivity contribution in [3.8, 4) is 0 Å². The molecule has 1 aromatic heterocycles. The molecule has 0 radical (unpaired) electrons. The molecule has 0 aliphatic heterocycles. The minimum absolute atomic E-state index is 0.288. The molecule has 120 valence electrons. The topological polar surface area (TPSA) is 71.1 Å². The standard InChI is InChI=1S/C11H7Cl4F2N3O2/c1-2-4(21)18-9-7(5(13)6(14)8(15)20-9)19-10(22)11(16,17)3-12/h2H,1,3H2,(H,19,22)(H,18,20,21). The Morgan fingerprint density at radius 3 is 2.32 bits per heavy atom. The summed E-state index contributed by atoms with van der Waals surface area (Å²) in [6.07, 6.45) is 0.886. The molecule has 1 heterocycles. The van der Waals surface area contributed by atoms with Gasteiger partial charge < -0.3 is 10.6 Å². The zero-order valence-corrected chi connectivity index (χ0v) is 13.5. The number of nitrogens with zero attached hydrogens (tertiary/aromatic N) is 1. The van der Waals surface area contributed by atoms with Crippen LogP contribution < -0.4 is 10.6 Å². The van der Waals surface area contributed by atoms with Gasteiger partial charge in [0, 0.05) is 0 Å². The van der Waals surface area contributed by atoms with Crippen LogP contribution in [0.3, 0.4) is 0 Å². The first-order valence-electron chi connectivity index (χ1n) is 5.37. The Morgan fingerprint density at radius 1 is 1.23 bits per heavy atom. The van der Waals surface area contributed by atoms with Crippen LogP contribution in [0.25, 0.3) is 0 Å². The summed E-state index contributed by atoms with van der Waals surface area (Å²) in [5.74, 6) is -7.97. The summed E-state index contributed by atoms with van der Waals surface area (Å²) in [7, 11) is 0. The Kier molecular flexibility index (Phi) is 6.37. The van der Waals surface area contributed by atoms with Crippen LogP contribution in [-0.4, -0.2) is 28.6 Å². The van der Waals surface area contributed by atoms with E-state index in [1.54, 1.807) is 0 Å². The van der Waals surface area contributed by atoms with E-state index in [1.165, 1.54) is 0 Å². The predicted octanol–water partition coefficient (Wildman–Crippen LogP) is 3.98. The molecule has 0 aliphatic carbocycles. The number of hydrogen-bond donors (Lipinski definition) is 2. The summed E-state index contributed by atoms with van der Waals surface area (Å²) in [5.41, 5.74) is -0.443. The predicted molar refractivity (Wildman–Crippen MR) is 82.4 cm³/mol. The van der Waals surface area contributed by atoms with Gasteiger partial charge in [0.1, 0.15) is 5.69 Å². The van der Waals surface area contributed by atoms with Gasteiger partial charge in [0.05, 0.1) is 15.9 Å². The molecule has 0 atom stereocenters. The van der Waals surface area contributed by atoms with E-state index in [0.717, 1.165) is 6.08 Å². The molecule has 2 amide bonds. The van der Waals surface area contributed by atoms with Crippen LogP contribution >= 0.6 is 46.4 Å². The van der Waals surface area contributed by atoms with E-state index in [1.807, 2.05) is 5.32 Å². The number of carbonyl (C=O) groups is 2. The quantitative estimate of drug-likeness (QED) is 0.452. The summed E-state index contributed by atoms with van der Waals surface area (Å²) in [4.78, 5) is 26.4. The summed E-state index contributed by atoms with van der Waals surface area (Å²) in [5, 5.41) is 3.00. The normalized spacial score (nSPS) is 11.0. The molecule has 11 heteroatoms. The Balaban J connectivity index is 3.32. The molecule has 1 aromatic rings. The number of aromatic nitrogens is 1. The second-order valence-electron chi connectivity index (χ2n) is 3.74. The van der Waals surface area contributed by atoms with E-state index >= 15 is 0 Å². The Hall–Kier alpha value is -1.15. The van der Waals surface area contributed by atoms with Crippen LogP contribution in [0.15, 0.2) is 12.7 Å². The van der Waals surface area contributed by atoms with Crippen molar-refractivity contribution in [2.45, 2.75) is 5.92 Å². The molecule has 0 bridgehead atoms. The van der Waals surface area contributed by atoms with Crippen LogP contribution in [-0.2, 0) is 9.59 Å². The maximum atomic E-state index is 13.2. The number of rotatable bonds is 5. The smallest absolute Gasteiger partial charge is 0.316 e. The van der Waals surface area contributed by atoms with Crippen LogP contribution in [0.2, 0.25) is 15.2 Å². The molecule has 1 rings (SSSR count). The van der Waals surface area contributed by atoms with Gasteiger partial charge in [-0.15, -0.1) is 11.6 Å². The lowest BCUT2D eigenvalue weighted by Gasteiger charge is -2.17. The van der Waals surface area contributed by atoms with Crippen LogP contribution in [0, 0.1) is 0 Å². The second-order valence-corrected chi connectivity index (χ2v) is 5.12. The van der Waals surface area contributed by atoms with Crippen molar-refractivity contribution in [2.24, 2.45) is 0 Å². The van der Waals surface area contributed by atoms with Crippen LogP contribution in [0.1, 0.15) is 0 Å². The Labute approximate surface area is 143 Å². The number of carbonyl (C=O) groups excluding carboxylic acids is 2. The van der Waals surface area contributed by atoms with Crippen molar-refractivity contribution in [2.75, 3.05) is 16.5 Å². The maximum absolute atomic E-state index is 13.2. The van der Waals surface area contributed by atoms with Crippen molar-refractivity contribution < 1.29 is 18.4 Å². The van der Waals surface area contributed by atoms with E-state index in [-0.39, 0.29) is 21.0 Å². The highest BCUT2D eigenvalue weighted by Crippen LogP contribution is 2.39. The SMILES string of the molecule is C=CC(=O)Nc1nc(Cl)c(Cl)c(Cl)c1NC(=O)C(F)(F)CCl. The Bertz CT molecular complexity index is 640. The zero-order valence-electron chi connectivity index (χ0n) is 10.5. The third-order valence-corrected chi connectivity index (χ3v) is 3.75. The van der Waals surface area contributed by atoms with Gasteiger partial charge in [-0.2, -0.15) is 8.78 Å². The van der Waals surface area contributed by atoms with Crippen molar-refractivity contribution >= 4 is 69.7 Å². The van der Waals surface area contributed by atoms with E-state index in [2.05, 4.69) is 16.9 Å². The first-order valence-corrected chi connectivity index (χ1v) is 7.04. The number of alkyl halides is 3. The fourth-order valence-electron chi connectivity index (χ4n) is 1.15. The molecular weight excluding hydrogens is 386 g/mol. The molecule has 22 heavy (non-hydrogen) atoms. The first-order chi connectivity index (χ1) is 10.1. The largest absolute Gasteiger partial charge is 0.338 e. The first kappa shape index (κ1) is 18.9. The van der Waals surface area contributed by atoms with E-state index in [9.17, 15) is 18.4 Å². The van der Waals surface area contributed by atoms with Crippen LogP contribution in [0.4, 0.5) is 20.3 Å². The van der Waals surface area contributed by atoms with Gasteiger partial charge in [0.25, 0.3) is 5.91 Å². The van der Waals surface area contributed by atoms with Crippen molar-refractivity contribution in [1.29, 1.82) is 0 Å². The van der Waals surface area contributed by atoms with Crippen molar-refractivity contribution in [3.63, 3.8) is 0 Å². The number of halogens is 6. The number of amides is 2. The lowest BCUT2D eigenvalue weighted by molar-refractivity contribution is -0.136. The van der Waals surface area contributed by atoms with Crippen molar-refractivity contribution in [1.82, 2.24) is 4.98 Å². The minimum atomic E-state index is -3.86. The summed E-state index contributed by atoms with van der Waals surface area (Å²) < 4.78 is 26.5. The molecule has 0 unspecified atom stereocenters. The molecule has 0 aromatic carbocycles. The third-order valence-electron chi connectivity index (χ3n) is 2.21. The molecule has 5 nitrogen and oxygen atoms in total. The molecule has 0 aliphatic rings. The highest BCUT2D eigenvalue weighted by Gasteiger charge is 2.38. The number of nitrogens with one attached hydrogen (secondary N) is 2. The number of hydrogen-bond acceptors (Lipinski definition) is 3. The number of pyridine rings is 1. The highest BCUT2D eigenvalue weighted by molar-refractivity contribution is 6.49. The van der Waals surface area contributed by atoms with Gasteiger partial charge in [-0.3, -0.25) is 9.59 Å². The highest BCUT2D eigenvalue weighted by atomic mass is 35.5. The number of anilines is 2. The van der Waals surface area contributed by atoms with Gasteiger partial charge in [-0.1, -0.05) is 41.4 Å². The summed E-state index contributed by atoms with van der Waals surface area (Å²) in [6, 6.07) is 0. The van der Waals surface area contributed by atoms with E-state index in [4.69, 9.17) is 46.4 Å².